The fourth-order valence-electron chi connectivity index (χ4n) is 4.81. The smallest absolute Gasteiger partial charge is 0.247 e. The van der Waals surface area contributed by atoms with Crippen LogP contribution >= 0.6 is 11.3 Å². The van der Waals surface area contributed by atoms with Crippen LogP contribution in [0.25, 0.3) is 10.2 Å². The lowest BCUT2D eigenvalue weighted by Gasteiger charge is -2.34. The number of carbonyl (C=O) groups excluding carboxylic acids is 1. The number of halogens is 1. The minimum Gasteiger partial charge on any atom is -0.437 e. The third kappa shape index (κ3) is 6.61. The fraction of sp³-hybridized carbons (Fsp3) is 0.300. The molecular formula is C30H32FN5O2S. The molecule has 0 saturated carbocycles. The van der Waals surface area contributed by atoms with E-state index in [1.807, 2.05) is 23.6 Å². The first kappa shape index (κ1) is 26.8. The molecule has 1 saturated heterocycles. The Morgan fingerprint density at radius 3 is 2.74 bits per heavy atom. The van der Waals surface area contributed by atoms with E-state index in [9.17, 15) is 4.79 Å². The molecule has 39 heavy (non-hydrogen) atoms. The van der Waals surface area contributed by atoms with E-state index >= 15 is 4.39 Å². The molecule has 1 aliphatic heterocycles. The number of amides is 1. The van der Waals surface area contributed by atoms with Gasteiger partial charge in [-0.2, -0.15) is 4.98 Å². The van der Waals surface area contributed by atoms with Crippen LogP contribution in [0.2, 0.25) is 0 Å². The zero-order chi connectivity index (χ0) is 27.4. The standard InChI is InChI=1S/C30H32FN5O2S/c1-4-27(37)32-22-6-5-7-24(17-22)38-29-28-26(12-15-39-28)34-30(35-29)33-23-9-8-21(25(31)18-23)16-20-10-13-36(14-11-20)19(2)3/h4-9,12,15,17-20H,1,10-11,13-14,16H2,2-3H3,(H,32,37)(H,33,34,35). The van der Waals surface area contributed by atoms with Crippen LogP contribution in [0.1, 0.15) is 32.3 Å². The highest BCUT2D eigenvalue weighted by atomic mass is 32.1. The molecule has 5 rings (SSSR count). The topological polar surface area (TPSA) is 79.4 Å². The molecule has 1 fully saturated rings. The maximum absolute atomic E-state index is 15.1. The third-order valence-electron chi connectivity index (χ3n) is 6.97. The van der Waals surface area contributed by atoms with E-state index in [2.05, 4.69) is 45.9 Å². The molecular weight excluding hydrogens is 513 g/mol. The first-order chi connectivity index (χ1) is 18.9. The quantitative estimate of drug-likeness (QED) is 0.217. The minimum atomic E-state index is -0.309. The van der Waals surface area contributed by atoms with E-state index in [0.29, 0.717) is 46.4 Å². The number of aromatic nitrogens is 2. The van der Waals surface area contributed by atoms with Gasteiger partial charge in [0.1, 0.15) is 16.3 Å². The zero-order valence-corrected chi connectivity index (χ0v) is 22.9. The number of anilines is 3. The number of fused-ring (bicyclic) bond motifs is 1. The molecule has 3 heterocycles. The minimum absolute atomic E-state index is 0.224. The molecule has 0 unspecified atom stereocenters. The van der Waals surface area contributed by atoms with Gasteiger partial charge >= 0.3 is 0 Å². The summed E-state index contributed by atoms with van der Waals surface area (Å²) in [7, 11) is 0. The monoisotopic (exact) mass is 545 g/mol. The molecule has 0 radical (unpaired) electrons. The van der Waals surface area contributed by atoms with Crippen LogP contribution in [0.15, 0.2) is 66.6 Å². The van der Waals surface area contributed by atoms with E-state index in [0.717, 1.165) is 42.6 Å². The molecule has 4 aromatic rings. The number of piperidine rings is 1. The molecule has 1 amide bonds. The number of rotatable bonds is 9. The van der Waals surface area contributed by atoms with Gasteiger partial charge in [0.15, 0.2) is 0 Å². The Balaban J connectivity index is 1.30. The molecule has 2 aromatic heterocycles. The Labute approximate surface area is 231 Å². The van der Waals surface area contributed by atoms with Gasteiger partial charge in [0.25, 0.3) is 0 Å². The summed E-state index contributed by atoms with van der Waals surface area (Å²) in [6, 6.07) is 14.7. The molecule has 1 aliphatic rings. The number of nitrogens with zero attached hydrogens (tertiary/aromatic N) is 3. The maximum atomic E-state index is 15.1. The van der Waals surface area contributed by atoms with Crippen molar-refractivity contribution in [2.45, 2.75) is 39.2 Å². The number of benzene rings is 2. The fourth-order valence-corrected chi connectivity index (χ4v) is 5.56. The van der Waals surface area contributed by atoms with Gasteiger partial charge in [0, 0.05) is 23.5 Å². The molecule has 0 bridgehead atoms. The average Bonchev–Trinajstić information content (AvgIpc) is 3.40. The Morgan fingerprint density at radius 2 is 2.00 bits per heavy atom. The van der Waals surface area contributed by atoms with Gasteiger partial charge in [0.2, 0.25) is 17.7 Å². The maximum Gasteiger partial charge on any atom is 0.247 e. The highest BCUT2D eigenvalue weighted by molar-refractivity contribution is 7.17. The third-order valence-corrected chi connectivity index (χ3v) is 7.86. The molecule has 0 aliphatic carbocycles. The summed E-state index contributed by atoms with van der Waals surface area (Å²) in [5.74, 6) is 1.15. The highest BCUT2D eigenvalue weighted by Gasteiger charge is 2.22. The lowest BCUT2D eigenvalue weighted by atomic mass is 9.89. The van der Waals surface area contributed by atoms with Crippen LogP contribution in [0, 0.1) is 11.7 Å². The molecule has 0 spiro atoms. The van der Waals surface area contributed by atoms with E-state index in [4.69, 9.17) is 4.74 Å². The number of thiophene rings is 1. The summed E-state index contributed by atoms with van der Waals surface area (Å²) in [5, 5.41) is 7.77. The van der Waals surface area contributed by atoms with Gasteiger partial charge < -0.3 is 20.3 Å². The van der Waals surface area contributed by atoms with Gasteiger partial charge in [-0.3, -0.25) is 4.79 Å². The van der Waals surface area contributed by atoms with Gasteiger partial charge in [-0.15, -0.1) is 11.3 Å². The van der Waals surface area contributed by atoms with E-state index < -0.39 is 0 Å². The normalized spacial score (nSPS) is 14.5. The first-order valence-electron chi connectivity index (χ1n) is 13.1. The molecule has 7 nitrogen and oxygen atoms in total. The second-order valence-electron chi connectivity index (χ2n) is 10.0. The van der Waals surface area contributed by atoms with Gasteiger partial charge in [-0.25, -0.2) is 9.37 Å². The average molecular weight is 546 g/mol. The van der Waals surface area contributed by atoms with Crippen LogP contribution in [-0.4, -0.2) is 39.9 Å². The Morgan fingerprint density at radius 1 is 1.18 bits per heavy atom. The molecule has 202 valence electrons. The summed E-state index contributed by atoms with van der Waals surface area (Å²) in [4.78, 5) is 23.3. The van der Waals surface area contributed by atoms with Crippen molar-refractivity contribution in [3.05, 3.63) is 77.9 Å². The van der Waals surface area contributed by atoms with Crippen LogP contribution in [-0.2, 0) is 11.2 Å². The Kier molecular flexibility index (Phi) is 8.18. The van der Waals surface area contributed by atoms with Crippen molar-refractivity contribution in [3.63, 3.8) is 0 Å². The van der Waals surface area contributed by atoms with E-state index in [1.54, 1.807) is 24.3 Å². The number of ether oxygens (including phenoxy) is 1. The number of carbonyl (C=O) groups is 1. The van der Waals surface area contributed by atoms with Crippen molar-refractivity contribution in [1.29, 1.82) is 0 Å². The van der Waals surface area contributed by atoms with Crippen molar-refractivity contribution >= 4 is 44.8 Å². The van der Waals surface area contributed by atoms with E-state index in [-0.39, 0.29) is 11.7 Å². The summed E-state index contributed by atoms with van der Waals surface area (Å²) in [5.41, 5.74) is 2.60. The van der Waals surface area contributed by atoms with Gasteiger partial charge in [0.05, 0.1) is 5.52 Å². The number of nitrogens with one attached hydrogen (secondary N) is 2. The largest absolute Gasteiger partial charge is 0.437 e. The van der Waals surface area contributed by atoms with Crippen molar-refractivity contribution in [2.75, 3.05) is 23.7 Å². The SMILES string of the molecule is C=CC(=O)Nc1cccc(Oc2nc(Nc3ccc(CC4CCN(C(C)C)CC4)c(F)c3)nc3ccsc23)c1. The summed E-state index contributed by atoms with van der Waals surface area (Å²) < 4.78 is 22.0. The lowest BCUT2D eigenvalue weighted by molar-refractivity contribution is -0.111. The van der Waals surface area contributed by atoms with Gasteiger partial charge in [-0.1, -0.05) is 18.7 Å². The van der Waals surface area contributed by atoms with Crippen molar-refractivity contribution in [1.82, 2.24) is 14.9 Å². The number of hydrogen-bond acceptors (Lipinski definition) is 7. The van der Waals surface area contributed by atoms with Crippen molar-refractivity contribution in [2.24, 2.45) is 5.92 Å². The predicted octanol–water partition coefficient (Wildman–Crippen LogP) is 7.15. The predicted molar refractivity (Wildman–Crippen MR) is 156 cm³/mol. The number of likely N-dealkylation sites (tertiary alicyclic amines) is 1. The summed E-state index contributed by atoms with van der Waals surface area (Å²) >= 11 is 1.47. The van der Waals surface area contributed by atoms with Crippen LogP contribution in [0.3, 0.4) is 0 Å². The van der Waals surface area contributed by atoms with Gasteiger partial charge in [-0.05, 0) is 99.5 Å². The second kappa shape index (κ2) is 11.9. The lowest BCUT2D eigenvalue weighted by Crippen LogP contribution is -2.38. The molecule has 2 aromatic carbocycles. The highest BCUT2D eigenvalue weighted by Crippen LogP contribution is 2.34. The molecule has 2 N–H and O–H groups in total. The first-order valence-corrected chi connectivity index (χ1v) is 14.0. The Hall–Kier alpha value is -3.82. The van der Waals surface area contributed by atoms with Crippen LogP contribution in [0.4, 0.5) is 21.7 Å². The number of hydrogen-bond donors (Lipinski definition) is 2. The summed E-state index contributed by atoms with van der Waals surface area (Å²) in [6.45, 7) is 10.1. The second-order valence-corrected chi connectivity index (χ2v) is 10.9. The summed E-state index contributed by atoms with van der Waals surface area (Å²) in [6.07, 6.45) is 4.15. The van der Waals surface area contributed by atoms with Crippen molar-refractivity contribution in [3.8, 4) is 11.6 Å². The van der Waals surface area contributed by atoms with Crippen LogP contribution < -0.4 is 15.4 Å². The van der Waals surface area contributed by atoms with Crippen molar-refractivity contribution < 1.29 is 13.9 Å². The van der Waals surface area contributed by atoms with E-state index in [1.165, 1.54) is 23.5 Å². The van der Waals surface area contributed by atoms with Crippen LogP contribution in [0.5, 0.6) is 11.6 Å². The molecule has 0 atom stereocenters. The zero-order valence-electron chi connectivity index (χ0n) is 22.1. The molecule has 9 heteroatoms. The Bertz CT molecular complexity index is 1480.